The lowest BCUT2D eigenvalue weighted by atomic mass is 10.0. The zero-order valence-corrected chi connectivity index (χ0v) is 17.4. The summed E-state index contributed by atoms with van der Waals surface area (Å²) >= 11 is 0. The summed E-state index contributed by atoms with van der Waals surface area (Å²) in [6, 6.07) is 0. The smallest absolute Gasteiger partial charge is 0.0751 e. The van der Waals surface area contributed by atoms with E-state index in [1.54, 1.807) is 5.57 Å². The third-order valence-electron chi connectivity index (χ3n) is 5.17. The fourth-order valence-electron chi connectivity index (χ4n) is 3.40. The molecule has 0 rings (SSSR count). The predicted octanol–water partition coefficient (Wildman–Crippen LogP) is 9.05. The lowest BCUT2D eigenvalue weighted by Crippen LogP contribution is -1.86. The second-order valence-electron chi connectivity index (χ2n) is 7.52. The Morgan fingerprint density at radius 3 is 1.72 bits per heavy atom. The molecule has 148 valence electrons. The van der Waals surface area contributed by atoms with Crippen LogP contribution in [0.15, 0.2) is 24.0 Å². The molecule has 0 saturated heterocycles. The van der Waals surface area contributed by atoms with Crippen LogP contribution >= 0.6 is 0 Å². The number of allylic oxidation sites excluding steroid dienone is 3. The summed E-state index contributed by atoms with van der Waals surface area (Å²) in [4.78, 5) is 0. The molecule has 0 atom stereocenters. The third-order valence-corrected chi connectivity index (χ3v) is 5.17. The molecular weight excluding hydrogens is 304 g/mol. The van der Waals surface area contributed by atoms with E-state index in [9.17, 15) is 0 Å². The zero-order valence-electron chi connectivity index (χ0n) is 17.4. The molecule has 0 aromatic rings. The monoisotopic (exact) mass is 350 g/mol. The minimum absolute atomic E-state index is 1.02. The summed E-state index contributed by atoms with van der Waals surface area (Å²) in [7, 11) is 0. The molecular formula is C24H46O. The number of hydrogen-bond acceptors (Lipinski definition) is 1. The van der Waals surface area contributed by atoms with Gasteiger partial charge in [-0.15, -0.1) is 0 Å². The van der Waals surface area contributed by atoms with Gasteiger partial charge in [-0.05, 0) is 44.9 Å². The molecule has 0 heterocycles. The van der Waals surface area contributed by atoms with E-state index in [1.807, 2.05) is 6.08 Å². The Morgan fingerprint density at radius 1 is 0.640 bits per heavy atom. The highest BCUT2D eigenvalue weighted by Gasteiger charge is 1.97. The Kier molecular flexibility index (Phi) is 20.7. The molecule has 0 radical (unpaired) electrons. The van der Waals surface area contributed by atoms with Gasteiger partial charge in [0, 0.05) is 0 Å². The van der Waals surface area contributed by atoms with Crippen LogP contribution in [0.3, 0.4) is 0 Å². The first-order valence-electron chi connectivity index (χ1n) is 11.3. The molecule has 0 aromatic carbocycles. The highest BCUT2D eigenvalue weighted by atomic mass is 16.2. The number of aliphatic hydroxyl groups is 1. The topological polar surface area (TPSA) is 20.2 Å². The summed E-state index contributed by atoms with van der Waals surface area (Å²) in [5.74, 6) is 0. The van der Waals surface area contributed by atoms with Gasteiger partial charge in [0.25, 0.3) is 0 Å². The molecule has 0 amide bonds. The van der Waals surface area contributed by atoms with E-state index in [4.69, 9.17) is 5.11 Å². The van der Waals surface area contributed by atoms with Gasteiger partial charge in [-0.1, -0.05) is 102 Å². The zero-order chi connectivity index (χ0) is 18.4. The van der Waals surface area contributed by atoms with E-state index < -0.39 is 0 Å². The van der Waals surface area contributed by atoms with E-state index in [0.29, 0.717) is 0 Å². The van der Waals surface area contributed by atoms with E-state index in [0.717, 1.165) is 6.42 Å². The van der Waals surface area contributed by atoms with Gasteiger partial charge in [-0.2, -0.15) is 0 Å². The van der Waals surface area contributed by atoms with E-state index >= 15 is 0 Å². The molecule has 0 aliphatic heterocycles. The second-order valence-corrected chi connectivity index (χ2v) is 7.52. The molecule has 0 bridgehead atoms. The maximum atomic E-state index is 8.58. The maximum absolute atomic E-state index is 8.58. The van der Waals surface area contributed by atoms with Crippen LogP contribution < -0.4 is 0 Å². The highest BCUT2D eigenvalue weighted by Crippen LogP contribution is 2.17. The van der Waals surface area contributed by atoms with Crippen molar-refractivity contribution in [2.24, 2.45) is 0 Å². The molecule has 0 aromatic heterocycles. The van der Waals surface area contributed by atoms with Crippen molar-refractivity contribution in [1.82, 2.24) is 0 Å². The van der Waals surface area contributed by atoms with Crippen LogP contribution in [0.25, 0.3) is 0 Å². The quantitative estimate of drug-likeness (QED) is 0.140. The average molecular weight is 351 g/mol. The van der Waals surface area contributed by atoms with Crippen LogP contribution in [0.4, 0.5) is 0 Å². The first-order chi connectivity index (χ1) is 12.3. The first-order valence-corrected chi connectivity index (χ1v) is 11.3. The molecule has 0 saturated carbocycles. The number of unbranched alkanes of at least 4 members (excludes halogenated alkanes) is 14. The van der Waals surface area contributed by atoms with Crippen LogP contribution in [0.2, 0.25) is 0 Å². The van der Waals surface area contributed by atoms with Crippen molar-refractivity contribution in [3.8, 4) is 0 Å². The number of aliphatic hydroxyl groups excluding tert-OH is 1. The third kappa shape index (κ3) is 19.5. The number of hydrogen-bond donors (Lipinski definition) is 1. The molecule has 1 N–H and O–H groups in total. The summed E-state index contributed by atoms with van der Waals surface area (Å²) in [5.41, 5.74) is 1.68. The molecule has 1 nitrogen and oxygen atoms in total. The molecule has 1 heteroatoms. The lowest BCUT2D eigenvalue weighted by molar-refractivity contribution is 0.469. The molecule has 0 fully saturated rings. The Labute approximate surface area is 159 Å². The van der Waals surface area contributed by atoms with Crippen molar-refractivity contribution >= 4 is 0 Å². The van der Waals surface area contributed by atoms with Gasteiger partial charge in [0.2, 0.25) is 0 Å². The largest absolute Gasteiger partial charge is 0.516 e. The Balaban J connectivity index is 3.43. The van der Waals surface area contributed by atoms with Crippen LogP contribution in [0.1, 0.15) is 129 Å². The van der Waals surface area contributed by atoms with Crippen molar-refractivity contribution in [3.63, 3.8) is 0 Å². The second kappa shape index (κ2) is 21.3. The molecule has 0 spiro atoms. The Morgan fingerprint density at radius 2 is 1.16 bits per heavy atom. The van der Waals surface area contributed by atoms with Crippen LogP contribution in [-0.4, -0.2) is 5.11 Å². The fourth-order valence-corrected chi connectivity index (χ4v) is 3.40. The first kappa shape index (κ1) is 24.3. The number of rotatable bonds is 19. The Bertz CT molecular complexity index is 303. The SMILES string of the molecule is CCCCCCCCCCCC=C(CC)CCCCCCCC=CO. The Hall–Kier alpha value is -0.720. The van der Waals surface area contributed by atoms with Crippen LogP contribution in [-0.2, 0) is 0 Å². The molecule has 0 aliphatic carbocycles. The van der Waals surface area contributed by atoms with E-state index in [-0.39, 0.29) is 0 Å². The van der Waals surface area contributed by atoms with Gasteiger partial charge in [-0.25, -0.2) is 0 Å². The fraction of sp³-hybridized carbons (Fsp3) is 0.833. The van der Waals surface area contributed by atoms with Gasteiger partial charge in [0.15, 0.2) is 0 Å². The van der Waals surface area contributed by atoms with Gasteiger partial charge in [0.1, 0.15) is 0 Å². The van der Waals surface area contributed by atoms with Gasteiger partial charge in [0.05, 0.1) is 6.26 Å². The van der Waals surface area contributed by atoms with Gasteiger partial charge in [-0.3, -0.25) is 0 Å². The standard InChI is InChI=1S/C24H46O/c1-3-5-6-7-8-9-10-12-15-18-21-24(4-2)22-19-16-13-11-14-17-20-23-25/h20-21,23,25H,3-19,22H2,1-2H3. The van der Waals surface area contributed by atoms with Gasteiger partial charge < -0.3 is 5.11 Å². The minimum atomic E-state index is 1.02. The van der Waals surface area contributed by atoms with Crippen LogP contribution in [0, 0.1) is 0 Å². The maximum Gasteiger partial charge on any atom is 0.0751 e. The van der Waals surface area contributed by atoms with Crippen LogP contribution in [0.5, 0.6) is 0 Å². The van der Waals surface area contributed by atoms with Crippen molar-refractivity contribution in [3.05, 3.63) is 24.0 Å². The molecule has 0 unspecified atom stereocenters. The molecule has 25 heavy (non-hydrogen) atoms. The van der Waals surface area contributed by atoms with Crippen molar-refractivity contribution < 1.29 is 5.11 Å². The molecule has 0 aliphatic rings. The summed E-state index contributed by atoms with van der Waals surface area (Å²) in [6.45, 7) is 4.60. The van der Waals surface area contributed by atoms with Crippen molar-refractivity contribution in [2.75, 3.05) is 0 Å². The lowest BCUT2D eigenvalue weighted by Gasteiger charge is -2.06. The minimum Gasteiger partial charge on any atom is -0.516 e. The average Bonchev–Trinajstić information content (AvgIpc) is 2.63. The van der Waals surface area contributed by atoms with E-state index in [2.05, 4.69) is 19.9 Å². The highest BCUT2D eigenvalue weighted by molar-refractivity contribution is 5.00. The van der Waals surface area contributed by atoms with Gasteiger partial charge >= 0.3 is 0 Å². The summed E-state index contributed by atoms with van der Waals surface area (Å²) in [6.07, 6.45) is 29.8. The van der Waals surface area contributed by atoms with Crippen molar-refractivity contribution in [1.29, 1.82) is 0 Å². The predicted molar refractivity (Wildman–Crippen MR) is 114 cm³/mol. The van der Waals surface area contributed by atoms with E-state index in [1.165, 1.54) is 115 Å². The van der Waals surface area contributed by atoms with Crippen molar-refractivity contribution in [2.45, 2.75) is 129 Å². The summed E-state index contributed by atoms with van der Waals surface area (Å²) < 4.78 is 0. The summed E-state index contributed by atoms with van der Waals surface area (Å²) in [5, 5.41) is 8.58. The normalized spacial score (nSPS) is 12.3.